The molecule has 2 fully saturated rings. The van der Waals surface area contributed by atoms with Crippen molar-refractivity contribution in [1.82, 2.24) is 0 Å². The zero-order valence-electron chi connectivity index (χ0n) is 12.0. The number of rotatable bonds is 4. The number of thiol groups is 1. The Kier molecular flexibility index (Phi) is 6.61. The van der Waals surface area contributed by atoms with Crippen molar-refractivity contribution in [2.75, 3.05) is 12.4 Å². The first kappa shape index (κ1) is 19.3. The highest BCUT2D eigenvalue weighted by molar-refractivity contribution is 7.80. The number of hydrogen-bond donors (Lipinski definition) is 8. The van der Waals surface area contributed by atoms with Crippen LogP contribution < -0.4 is 0 Å². The lowest BCUT2D eigenvalue weighted by Gasteiger charge is -2.45. The summed E-state index contributed by atoms with van der Waals surface area (Å²) in [4.78, 5) is 0. The predicted octanol–water partition coefficient (Wildman–Crippen LogP) is -4.46. The van der Waals surface area contributed by atoms with E-state index >= 15 is 0 Å². The number of aliphatic hydroxyl groups excluding tert-OH is 7. The van der Waals surface area contributed by atoms with Crippen molar-refractivity contribution in [3.05, 3.63) is 0 Å². The van der Waals surface area contributed by atoms with Gasteiger partial charge in [-0.1, -0.05) is 0 Å². The second kappa shape index (κ2) is 7.89. The highest BCUT2D eigenvalue weighted by atomic mass is 32.1. The molecule has 2 heterocycles. The predicted molar refractivity (Wildman–Crippen MR) is 75.4 cm³/mol. The summed E-state index contributed by atoms with van der Waals surface area (Å²) in [5, 5.41) is 67.7. The minimum absolute atomic E-state index is 0.0271. The van der Waals surface area contributed by atoms with Gasteiger partial charge < -0.3 is 50.0 Å². The Morgan fingerprint density at radius 2 is 1.43 bits per heavy atom. The van der Waals surface area contributed by atoms with Gasteiger partial charge in [0.25, 0.3) is 0 Å². The van der Waals surface area contributed by atoms with E-state index in [0.29, 0.717) is 0 Å². The minimum Gasteiger partial charge on any atom is -0.394 e. The molecular formula is C12H22O10S. The van der Waals surface area contributed by atoms with Gasteiger partial charge in [-0.15, -0.1) is 0 Å². The van der Waals surface area contributed by atoms with Crippen LogP contribution in [0.1, 0.15) is 0 Å². The van der Waals surface area contributed by atoms with Crippen LogP contribution in [0.5, 0.6) is 0 Å². The summed E-state index contributed by atoms with van der Waals surface area (Å²) in [7, 11) is 0. The van der Waals surface area contributed by atoms with Gasteiger partial charge in [-0.2, -0.15) is 12.6 Å². The Bertz CT molecular complexity index is 383. The van der Waals surface area contributed by atoms with Gasteiger partial charge in [0.2, 0.25) is 0 Å². The molecule has 0 spiro atoms. The molecule has 0 aromatic carbocycles. The van der Waals surface area contributed by atoms with E-state index in [1.54, 1.807) is 0 Å². The maximum Gasteiger partial charge on any atom is 0.187 e. The molecule has 0 radical (unpaired) electrons. The van der Waals surface area contributed by atoms with Crippen LogP contribution in [0.25, 0.3) is 0 Å². The molecule has 10 atom stereocenters. The van der Waals surface area contributed by atoms with Gasteiger partial charge >= 0.3 is 0 Å². The zero-order valence-corrected chi connectivity index (χ0v) is 12.9. The first-order valence-corrected chi connectivity index (χ1v) is 7.71. The van der Waals surface area contributed by atoms with Gasteiger partial charge in [-0.25, -0.2) is 0 Å². The molecule has 2 saturated heterocycles. The molecule has 2 aliphatic heterocycles. The molecule has 0 aliphatic carbocycles. The molecule has 7 unspecified atom stereocenters. The second-order valence-corrected chi connectivity index (χ2v) is 5.89. The van der Waals surface area contributed by atoms with Crippen LogP contribution in [0.4, 0.5) is 0 Å². The van der Waals surface area contributed by atoms with Crippen LogP contribution in [0.15, 0.2) is 0 Å². The van der Waals surface area contributed by atoms with Gasteiger partial charge in [-0.3, -0.25) is 0 Å². The van der Waals surface area contributed by atoms with Crippen LogP contribution in [0.2, 0.25) is 0 Å². The molecule has 2 rings (SSSR count). The van der Waals surface area contributed by atoms with E-state index in [-0.39, 0.29) is 5.75 Å². The second-order valence-electron chi connectivity index (χ2n) is 5.53. The fourth-order valence-corrected chi connectivity index (χ4v) is 2.87. The van der Waals surface area contributed by atoms with E-state index in [1.807, 2.05) is 0 Å². The third-order valence-corrected chi connectivity index (χ3v) is 4.34. The average molecular weight is 358 g/mol. The molecule has 0 aromatic heterocycles. The molecule has 7 N–H and O–H groups in total. The SMILES string of the molecule is OCC1OC(O)C(O)C(O)[C@@H]1O[C@@H]1OC(CS)[C@H](O)C(O)C1O. The lowest BCUT2D eigenvalue weighted by Crippen LogP contribution is -2.64. The van der Waals surface area contributed by atoms with Crippen molar-refractivity contribution in [2.24, 2.45) is 0 Å². The van der Waals surface area contributed by atoms with Crippen LogP contribution in [-0.2, 0) is 14.2 Å². The van der Waals surface area contributed by atoms with Gasteiger partial charge in [-0.05, 0) is 0 Å². The summed E-state index contributed by atoms with van der Waals surface area (Å²) < 4.78 is 15.5. The summed E-state index contributed by atoms with van der Waals surface area (Å²) >= 11 is 3.96. The molecule has 0 bridgehead atoms. The smallest absolute Gasteiger partial charge is 0.187 e. The maximum absolute atomic E-state index is 9.98. The van der Waals surface area contributed by atoms with E-state index in [9.17, 15) is 35.7 Å². The van der Waals surface area contributed by atoms with Crippen LogP contribution in [-0.4, -0.2) is 110 Å². The third kappa shape index (κ3) is 3.80. The number of ether oxygens (including phenoxy) is 3. The van der Waals surface area contributed by atoms with Crippen molar-refractivity contribution < 1.29 is 50.0 Å². The Balaban J connectivity index is 2.11. The standard InChI is InChI=1S/C12H22O10S/c13-1-3-10(7(16)8(17)11(19)20-3)22-12-9(18)6(15)5(14)4(2-23)21-12/h3-19,23H,1-2H2/t3?,4?,5-,6?,7?,8?,9?,10+,11?,12-/m0/s1. The highest BCUT2D eigenvalue weighted by Gasteiger charge is 2.49. The summed E-state index contributed by atoms with van der Waals surface area (Å²) in [6.07, 6.45) is -14.6. The normalized spacial score (nSPS) is 51.7. The van der Waals surface area contributed by atoms with Crippen molar-refractivity contribution in [2.45, 2.75) is 61.4 Å². The van der Waals surface area contributed by atoms with Gasteiger partial charge in [0.05, 0.1) is 12.7 Å². The van der Waals surface area contributed by atoms with E-state index in [2.05, 4.69) is 12.6 Å². The van der Waals surface area contributed by atoms with Gasteiger partial charge in [0.1, 0.15) is 42.7 Å². The first-order valence-electron chi connectivity index (χ1n) is 7.08. The van der Waals surface area contributed by atoms with Crippen LogP contribution in [0, 0.1) is 0 Å². The number of hydrogen-bond acceptors (Lipinski definition) is 11. The Morgan fingerprint density at radius 3 is 2.00 bits per heavy atom. The van der Waals surface area contributed by atoms with Crippen molar-refractivity contribution in [3.63, 3.8) is 0 Å². The highest BCUT2D eigenvalue weighted by Crippen LogP contribution is 2.28. The first-order chi connectivity index (χ1) is 10.8. The molecule has 0 saturated carbocycles. The van der Waals surface area contributed by atoms with Gasteiger partial charge in [0, 0.05) is 5.75 Å². The monoisotopic (exact) mass is 358 g/mol. The van der Waals surface area contributed by atoms with E-state index in [0.717, 1.165) is 0 Å². The molecular weight excluding hydrogens is 336 g/mol. The lowest BCUT2D eigenvalue weighted by atomic mass is 9.97. The topological polar surface area (TPSA) is 169 Å². The van der Waals surface area contributed by atoms with Gasteiger partial charge in [0.15, 0.2) is 12.6 Å². The van der Waals surface area contributed by atoms with Crippen molar-refractivity contribution in [3.8, 4) is 0 Å². The quantitative estimate of drug-likeness (QED) is 0.229. The van der Waals surface area contributed by atoms with E-state index in [4.69, 9.17) is 14.2 Å². The molecule has 2 aliphatic rings. The summed E-state index contributed by atoms with van der Waals surface area (Å²) in [6.45, 7) is -0.643. The van der Waals surface area contributed by atoms with Crippen LogP contribution >= 0.6 is 12.6 Å². The summed E-state index contributed by atoms with van der Waals surface area (Å²) in [6, 6.07) is 0. The number of aliphatic hydroxyl groups is 7. The molecule has 0 amide bonds. The fraction of sp³-hybridized carbons (Fsp3) is 1.00. The summed E-state index contributed by atoms with van der Waals surface area (Å²) in [5.74, 6) is 0.0271. The molecule has 23 heavy (non-hydrogen) atoms. The Morgan fingerprint density at radius 1 is 0.783 bits per heavy atom. The third-order valence-electron chi connectivity index (χ3n) is 3.98. The minimum atomic E-state index is -1.71. The largest absolute Gasteiger partial charge is 0.394 e. The maximum atomic E-state index is 9.98. The van der Waals surface area contributed by atoms with Crippen LogP contribution in [0.3, 0.4) is 0 Å². The van der Waals surface area contributed by atoms with Crippen molar-refractivity contribution in [1.29, 1.82) is 0 Å². The molecule has 10 nitrogen and oxygen atoms in total. The molecule has 136 valence electrons. The molecule has 0 aromatic rings. The average Bonchev–Trinajstić information content (AvgIpc) is 2.55. The molecule has 11 heteroatoms. The lowest BCUT2D eigenvalue weighted by molar-refractivity contribution is -0.351. The zero-order chi connectivity index (χ0) is 17.3. The van der Waals surface area contributed by atoms with E-state index in [1.165, 1.54) is 0 Å². The van der Waals surface area contributed by atoms with Crippen molar-refractivity contribution >= 4 is 12.6 Å². The Labute approximate surface area is 137 Å². The Hall–Kier alpha value is -0.0500. The fourth-order valence-electron chi connectivity index (χ4n) is 2.57. The van der Waals surface area contributed by atoms with E-state index < -0.39 is 68.0 Å². The summed E-state index contributed by atoms with van der Waals surface area (Å²) in [5.41, 5.74) is 0.